The van der Waals surface area contributed by atoms with E-state index in [9.17, 15) is 14.0 Å². The molecule has 1 unspecified atom stereocenters. The normalized spacial score (nSPS) is 11.6. The zero-order valence-corrected chi connectivity index (χ0v) is 19.0. The minimum absolute atomic E-state index is 0.0280. The van der Waals surface area contributed by atoms with Gasteiger partial charge in [-0.05, 0) is 55.8 Å². The van der Waals surface area contributed by atoms with Gasteiger partial charge in [-0.3, -0.25) is 9.59 Å². The minimum Gasteiger partial charge on any atom is -0.370 e. The predicted octanol–water partition coefficient (Wildman–Crippen LogP) is 5.36. The first-order valence-corrected chi connectivity index (χ1v) is 10.9. The monoisotopic (exact) mass is 459 g/mol. The largest absolute Gasteiger partial charge is 0.370 e. The molecule has 0 aliphatic carbocycles. The molecule has 8 heteroatoms. The summed E-state index contributed by atoms with van der Waals surface area (Å²) < 4.78 is 13.2. The molecule has 1 aromatic heterocycles. The van der Waals surface area contributed by atoms with Crippen molar-refractivity contribution in [2.75, 3.05) is 23.8 Å². The predicted molar refractivity (Wildman–Crippen MR) is 125 cm³/mol. The lowest BCUT2D eigenvalue weighted by Gasteiger charge is -2.27. The van der Waals surface area contributed by atoms with Gasteiger partial charge in [0.15, 0.2) is 0 Å². The van der Waals surface area contributed by atoms with Crippen LogP contribution in [0.15, 0.2) is 54.6 Å². The van der Waals surface area contributed by atoms with E-state index in [1.54, 1.807) is 6.07 Å². The molecular formula is C23H23ClFN3O2S. The number of halogens is 2. The van der Waals surface area contributed by atoms with E-state index in [-0.39, 0.29) is 22.5 Å². The molecule has 0 bridgehead atoms. The molecule has 2 N–H and O–H groups in total. The standard InChI is InChI=1S/C23H23ClFN3O2S/c1-14-11-20(27-22(29)18-10-9-16(25)12-19(18)24)31-21(14)23(30)26-13-15(2)28(3)17-7-5-4-6-8-17/h4-12,15H,13H2,1-3H3,(H,26,30)(H,27,29). The van der Waals surface area contributed by atoms with E-state index in [0.29, 0.717) is 16.4 Å². The first-order valence-electron chi connectivity index (χ1n) is 9.69. The minimum atomic E-state index is -0.514. The maximum Gasteiger partial charge on any atom is 0.261 e. The molecule has 1 atom stereocenters. The van der Waals surface area contributed by atoms with Crippen LogP contribution in [0.4, 0.5) is 15.1 Å². The van der Waals surface area contributed by atoms with Crippen molar-refractivity contribution in [1.29, 1.82) is 0 Å². The first kappa shape index (κ1) is 22.8. The summed E-state index contributed by atoms with van der Waals surface area (Å²) >= 11 is 7.13. The molecule has 0 radical (unpaired) electrons. The lowest BCUT2D eigenvalue weighted by molar-refractivity contribution is 0.0954. The fourth-order valence-electron chi connectivity index (χ4n) is 3.00. The highest BCUT2D eigenvalue weighted by Gasteiger charge is 2.18. The van der Waals surface area contributed by atoms with E-state index in [1.165, 1.54) is 23.5 Å². The van der Waals surface area contributed by atoms with Crippen LogP contribution in [0.5, 0.6) is 0 Å². The number of para-hydroxylation sites is 1. The third kappa shape index (κ3) is 5.62. The Morgan fingerprint density at radius 1 is 1.13 bits per heavy atom. The smallest absolute Gasteiger partial charge is 0.261 e. The number of likely N-dealkylation sites (N-methyl/N-ethyl adjacent to an activating group) is 1. The number of anilines is 2. The van der Waals surface area contributed by atoms with Crippen LogP contribution in [0.1, 0.15) is 32.5 Å². The molecule has 3 aromatic rings. The van der Waals surface area contributed by atoms with E-state index >= 15 is 0 Å². The van der Waals surface area contributed by atoms with Crippen LogP contribution in [0.3, 0.4) is 0 Å². The van der Waals surface area contributed by atoms with Crippen LogP contribution in [-0.4, -0.2) is 31.4 Å². The number of nitrogens with zero attached hydrogens (tertiary/aromatic N) is 1. The number of hydrogen-bond donors (Lipinski definition) is 2. The van der Waals surface area contributed by atoms with Gasteiger partial charge in [0.05, 0.1) is 20.5 Å². The molecule has 162 valence electrons. The average Bonchev–Trinajstić information content (AvgIpc) is 3.11. The van der Waals surface area contributed by atoms with Crippen LogP contribution in [-0.2, 0) is 0 Å². The van der Waals surface area contributed by atoms with Crippen molar-refractivity contribution in [2.24, 2.45) is 0 Å². The Hall–Kier alpha value is -2.90. The number of thiophene rings is 1. The average molecular weight is 460 g/mol. The lowest BCUT2D eigenvalue weighted by atomic mass is 10.2. The first-order chi connectivity index (χ1) is 14.8. The third-order valence-corrected chi connectivity index (χ3v) is 6.38. The van der Waals surface area contributed by atoms with Gasteiger partial charge in [0.1, 0.15) is 5.82 Å². The SMILES string of the molecule is Cc1cc(NC(=O)c2ccc(F)cc2Cl)sc1C(=O)NCC(C)N(C)c1ccccc1. The van der Waals surface area contributed by atoms with Gasteiger partial charge in [0.25, 0.3) is 11.8 Å². The molecule has 0 spiro atoms. The van der Waals surface area contributed by atoms with Crippen molar-refractivity contribution in [2.45, 2.75) is 19.9 Å². The maximum absolute atomic E-state index is 13.2. The summed E-state index contributed by atoms with van der Waals surface area (Å²) in [5.74, 6) is -1.17. The van der Waals surface area contributed by atoms with Crippen molar-refractivity contribution in [3.8, 4) is 0 Å². The van der Waals surface area contributed by atoms with Gasteiger partial charge in [0, 0.05) is 25.3 Å². The van der Waals surface area contributed by atoms with Gasteiger partial charge in [-0.15, -0.1) is 11.3 Å². The zero-order valence-electron chi connectivity index (χ0n) is 17.4. The highest BCUT2D eigenvalue weighted by atomic mass is 35.5. The van der Waals surface area contributed by atoms with Gasteiger partial charge >= 0.3 is 0 Å². The fourth-order valence-corrected chi connectivity index (χ4v) is 4.23. The van der Waals surface area contributed by atoms with Crippen LogP contribution >= 0.6 is 22.9 Å². The second kappa shape index (κ2) is 9.94. The number of carbonyl (C=O) groups is 2. The molecule has 3 rings (SSSR count). The summed E-state index contributed by atoms with van der Waals surface area (Å²) in [6.45, 7) is 4.31. The Balaban J connectivity index is 1.62. The Bertz CT molecular complexity index is 1090. The number of aryl methyl sites for hydroxylation is 1. The molecule has 0 saturated heterocycles. The summed E-state index contributed by atoms with van der Waals surface area (Å²) in [6.07, 6.45) is 0. The summed E-state index contributed by atoms with van der Waals surface area (Å²) in [6, 6.07) is 15.3. The van der Waals surface area contributed by atoms with Gasteiger partial charge < -0.3 is 15.5 Å². The van der Waals surface area contributed by atoms with E-state index < -0.39 is 11.7 Å². The van der Waals surface area contributed by atoms with Crippen molar-refractivity contribution < 1.29 is 14.0 Å². The van der Waals surface area contributed by atoms with E-state index in [0.717, 1.165) is 17.3 Å². The summed E-state index contributed by atoms with van der Waals surface area (Å²) in [4.78, 5) is 27.8. The molecule has 0 saturated carbocycles. The van der Waals surface area contributed by atoms with Crippen molar-refractivity contribution in [1.82, 2.24) is 5.32 Å². The topological polar surface area (TPSA) is 61.4 Å². The molecule has 2 amide bonds. The molecule has 0 aliphatic heterocycles. The highest BCUT2D eigenvalue weighted by Crippen LogP contribution is 2.28. The van der Waals surface area contributed by atoms with Gasteiger partial charge in [-0.25, -0.2) is 4.39 Å². The summed E-state index contributed by atoms with van der Waals surface area (Å²) in [5, 5.41) is 6.23. The maximum atomic E-state index is 13.2. The molecule has 1 heterocycles. The second-order valence-corrected chi connectivity index (χ2v) is 8.67. The zero-order chi connectivity index (χ0) is 22.5. The van der Waals surface area contributed by atoms with Gasteiger partial charge in [0.2, 0.25) is 0 Å². The summed E-state index contributed by atoms with van der Waals surface area (Å²) in [7, 11) is 1.98. The Morgan fingerprint density at radius 2 is 1.84 bits per heavy atom. The van der Waals surface area contributed by atoms with Crippen LogP contribution in [0, 0.1) is 12.7 Å². The van der Waals surface area contributed by atoms with Crippen molar-refractivity contribution in [3.63, 3.8) is 0 Å². The fraction of sp³-hybridized carbons (Fsp3) is 0.217. The van der Waals surface area contributed by atoms with Crippen LogP contribution in [0.25, 0.3) is 0 Å². The highest BCUT2D eigenvalue weighted by molar-refractivity contribution is 7.18. The Kier molecular flexibility index (Phi) is 7.30. The van der Waals surface area contributed by atoms with E-state index in [2.05, 4.69) is 15.5 Å². The molecule has 5 nitrogen and oxygen atoms in total. The van der Waals surface area contributed by atoms with Crippen LogP contribution < -0.4 is 15.5 Å². The van der Waals surface area contributed by atoms with Gasteiger partial charge in [-0.2, -0.15) is 0 Å². The Labute approximate surface area is 189 Å². The van der Waals surface area contributed by atoms with Gasteiger partial charge in [-0.1, -0.05) is 29.8 Å². The number of benzene rings is 2. The number of hydrogen-bond acceptors (Lipinski definition) is 4. The molecule has 2 aromatic carbocycles. The van der Waals surface area contributed by atoms with Crippen molar-refractivity contribution in [3.05, 3.63) is 81.4 Å². The van der Waals surface area contributed by atoms with Crippen LogP contribution in [0.2, 0.25) is 5.02 Å². The number of amides is 2. The molecular weight excluding hydrogens is 437 g/mol. The van der Waals surface area contributed by atoms with E-state index in [4.69, 9.17) is 11.6 Å². The number of carbonyl (C=O) groups excluding carboxylic acids is 2. The number of rotatable bonds is 7. The quantitative estimate of drug-likeness (QED) is 0.500. The van der Waals surface area contributed by atoms with E-state index in [1.807, 2.05) is 51.2 Å². The molecule has 31 heavy (non-hydrogen) atoms. The summed E-state index contributed by atoms with van der Waals surface area (Å²) in [5.41, 5.74) is 1.99. The third-order valence-electron chi connectivity index (χ3n) is 4.92. The number of nitrogens with one attached hydrogen (secondary N) is 2. The Morgan fingerprint density at radius 3 is 2.52 bits per heavy atom. The van der Waals surface area contributed by atoms with Crippen molar-refractivity contribution >= 4 is 45.4 Å². The lowest BCUT2D eigenvalue weighted by Crippen LogP contribution is -2.40. The molecule has 0 fully saturated rings. The second-order valence-electron chi connectivity index (χ2n) is 7.21. The molecule has 0 aliphatic rings.